The zero-order valence-electron chi connectivity index (χ0n) is 11.3. The lowest BCUT2D eigenvalue weighted by atomic mass is 9.89. The highest BCUT2D eigenvalue weighted by Gasteiger charge is 2.38. The molecule has 1 aromatic rings. The monoisotopic (exact) mass is 265 g/mol. The van der Waals surface area contributed by atoms with Gasteiger partial charge < -0.3 is 15.2 Å². The first-order chi connectivity index (χ1) is 8.86. The van der Waals surface area contributed by atoms with Gasteiger partial charge in [-0.15, -0.1) is 0 Å². The number of ether oxygens (including phenoxy) is 1. The van der Waals surface area contributed by atoms with E-state index in [-0.39, 0.29) is 12.5 Å². The Bertz CT molecular complexity index is 444. The van der Waals surface area contributed by atoms with E-state index in [1.165, 1.54) is 6.92 Å². The molecular weight excluding hydrogens is 246 g/mol. The number of alkyl carbamates (subject to hydrolysis) is 1. The maximum atomic E-state index is 11.6. The maximum Gasteiger partial charge on any atom is 0.408 e. The maximum absolute atomic E-state index is 11.6. The lowest BCUT2D eigenvalue weighted by Crippen LogP contribution is -2.55. The number of carbonyl (C=O) groups is 2. The predicted molar refractivity (Wildman–Crippen MR) is 70.6 cm³/mol. The van der Waals surface area contributed by atoms with Gasteiger partial charge in [-0.05, 0) is 18.4 Å². The lowest BCUT2D eigenvalue weighted by molar-refractivity contribution is -0.145. The van der Waals surface area contributed by atoms with Crippen molar-refractivity contribution in [2.45, 2.75) is 32.9 Å². The van der Waals surface area contributed by atoms with Crippen molar-refractivity contribution in [3.05, 3.63) is 35.9 Å². The van der Waals surface area contributed by atoms with Crippen LogP contribution >= 0.6 is 0 Å². The number of carboxylic acid groups (broad SMARTS) is 1. The van der Waals surface area contributed by atoms with E-state index in [9.17, 15) is 9.59 Å². The molecule has 0 saturated carbocycles. The quantitative estimate of drug-likeness (QED) is 0.857. The third-order valence-corrected chi connectivity index (χ3v) is 3.17. The van der Waals surface area contributed by atoms with E-state index in [2.05, 4.69) is 5.32 Å². The minimum Gasteiger partial charge on any atom is -0.480 e. The Morgan fingerprint density at radius 3 is 2.37 bits per heavy atom. The summed E-state index contributed by atoms with van der Waals surface area (Å²) in [6.07, 6.45) is -0.734. The summed E-state index contributed by atoms with van der Waals surface area (Å²) >= 11 is 0. The van der Waals surface area contributed by atoms with Gasteiger partial charge >= 0.3 is 12.1 Å². The second kappa shape index (κ2) is 6.22. The van der Waals surface area contributed by atoms with Crippen LogP contribution in [0.25, 0.3) is 0 Å². The summed E-state index contributed by atoms with van der Waals surface area (Å²) in [4.78, 5) is 22.8. The van der Waals surface area contributed by atoms with Gasteiger partial charge in [0.05, 0.1) is 0 Å². The molecule has 0 fully saturated rings. The summed E-state index contributed by atoms with van der Waals surface area (Å²) in [5, 5.41) is 11.6. The number of rotatable bonds is 5. The summed E-state index contributed by atoms with van der Waals surface area (Å²) < 4.78 is 5.01. The van der Waals surface area contributed by atoms with Crippen molar-refractivity contribution in [3.63, 3.8) is 0 Å². The number of nitrogens with one attached hydrogen (secondary N) is 1. The van der Waals surface area contributed by atoms with Crippen LogP contribution in [-0.4, -0.2) is 22.7 Å². The summed E-state index contributed by atoms with van der Waals surface area (Å²) in [6.45, 7) is 5.03. The average Bonchev–Trinajstić information content (AvgIpc) is 2.37. The van der Waals surface area contributed by atoms with E-state index in [0.717, 1.165) is 5.56 Å². The molecule has 0 aliphatic rings. The summed E-state index contributed by atoms with van der Waals surface area (Å²) in [5.74, 6) is -1.34. The number of hydrogen-bond donors (Lipinski definition) is 2. The van der Waals surface area contributed by atoms with Crippen LogP contribution in [0.15, 0.2) is 30.3 Å². The molecule has 0 bridgehead atoms. The van der Waals surface area contributed by atoms with E-state index in [4.69, 9.17) is 9.84 Å². The molecule has 1 rings (SSSR count). The number of aliphatic carboxylic acids is 1. The van der Waals surface area contributed by atoms with E-state index in [1.807, 2.05) is 30.3 Å². The molecule has 0 saturated heterocycles. The molecule has 1 aromatic carbocycles. The molecule has 0 heterocycles. The van der Waals surface area contributed by atoms with Gasteiger partial charge in [0.25, 0.3) is 0 Å². The number of benzene rings is 1. The largest absolute Gasteiger partial charge is 0.480 e. The highest BCUT2D eigenvalue weighted by molar-refractivity contribution is 5.84. The summed E-state index contributed by atoms with van der Waals surface area (Å²) in [6, 6.07) is 9.19. The molecule has 5 heteroatoms. The summed E-state index contributed by atoms with van der Waals surface area (Å²) in [5.41, 5.74) is -0.493. The van der Waals surface area contributed by atoms with Crippen molar-refractivity contribution in [2.75, 3.05) is 0 Å². The molecule has 104 valence electrons. The van der Waals surface area contributed by atoms with Gasteiger partial charge in [-0.1, -0.05) is 44.2 Å². The van der Waals surface area contributed by atoms with Gasteiger partial charge in [-0.3, -0.25) is 0 Å². The fourth-order valence-corrected chi connectivity index (χ4v) is 1.42. The SMILES string of the molecule is CC(C)[C@](C)(NC(=O)OCc1ccccc1)C(=O)O. The number of hydrogen-bond acceptors (Lipinski definition) is 3. The zero-order chi connectivity index (χ0) is 14.5. The number of amides is 1. The second-order valence-electron chi connectivity index (χ2n) is 4.85. The van der Waals surface area contributed by atoms with Gasteiger partial charge in [-0.25, -0.2) is 9.59 Å². The highest BCUT2D eigenvalue weighted by atomic mass is 16.5. The highest BCUT2D eigenvalue weighted by Crippen LogP contribution is 2.17. The Labute approximate surface area is 112 Å². The molecule has 0 aliphatic carbocycles. The van der Waals surface area contributed by atoms with Crippen molar-refractivity contribution in [2.24, 2.45) is 5.92 Å². The summed E-state index contributed by atoms with van der Waals surface area (Å²) in [7, 11) is 0. The lowest BCUT2D eigenvalue weighted by Gasteiger charge is -2.29. The zero-order valence-corrected chi connectivity index (χ0v) is 11.3. The Hall–Kier alpha value is -2.04. The van der Waals surface area contributed by atoms with Gasteiger partial charge in [-0.2, -0.15) is 0 Å². The molecule has 2 N–H and O–H groups in total. The number of carbonyl (C=O) groups excluding carboxylic acids is 1. The Morgan fingerprint density at radius 2 is 1.89 bits per heavy atom. The molecule has 0 aliphatic heterocycles. The molecule has 0 radical (unpaired) electrons. The van der Waals surface area contributed by atoms with Crippen molar-refractivity contribution >= 4 is 12.1 Å². The van der Waals surface area contributed by atoms with Crippen molar-refractivity contribution in [1.29, 1.82) is 0 Å². The van der Waals surface area contributed by atoms with Crippen LogP contribution in [-0.2, 0) is 16.1 Å². The third-order valence-electron chi connectivity index (χ3n) is 3.17. The predicted octanol–water partition coefficient (Wildman–Crippen LogP) is 2.41. The first-order valence-electron chi connectivity index (χ1n) is 6.08. The van der Waals surface area contributed by atoms with Gasteiger partial charge in [0.15, 0.2) is 0 Å². The molecule has 0 aromatic heterocycles. The van der Waals surface area contributed by atoms with Gasteiger partial charge in [0.1, 0.15) is 12.1 Å². The van der Waals surface area contributed by atoms with Crippen LogP contribution < -0.4 is 5.32 Å². The van der Waals surface area contributed by atoms with Crippen LogP contribution in [0.4, 0.5) is 4.79 Å². The minimum atomic E-state index is -1.34. The van der Waals surface area contributed by atoms with Crippen LogP contribution in [0.3, 0.4) is 0 Å². The molecule has 5 nitrogen and oxygen atoms in total. The fourth-order valence-electron chi connectivity index (χ4n) is 1.42. The molecule has 0 unspecified atom stereocenters. The third kappa shape index (κ3) is 3.98. The molecular formula is C14H19NO4. The minimum absolute atomic E-state index is 0.112. The first-order valence-corrected chi connectivity index (χ1v) is 6.08. The Balaban J connectivity index is 2.57. The fraction of sp³-hybridized carbons (Fsp3) is 0.429. The van der Waals surface area contributed by atoms with Crippen molar-refractivity contribution < 1.29 is 19.4 Å². The van der Waals surface area contributed by atoms with Crippen LogP contribution in [0.2, 0.25) is 0 Å². The van der Waals surface area contributed by atoms with E-state index < -0.39 is 17.6 Å². The molecule has 19 heavy (non-hydrogen) atoms. The van der Waals surface area contributed by atoms with Crippen LogP contribution in [0.5, 0.6) is 0 Å². The van der Waals surface area contributed by atoms with E-state index in [0.29, 0.717) is 0 Å². The van der Waals surface area contributed by atoms with Gasteiger partial charge in [0, 0.05) is 0 Å². The van der Waals surface area contributed by atoms with Crippen LogP contribution in [0, 0.1) is 5.92 Å². The molecule has 0 spiro atoms. The van der Waals surface area contributed by atoms with Crippen molar-refractivity contribution in [1.82, 2.24) is 5.32 Å². The topological polar surface area (TPSA) is 75.6 Å². The standard InChI is InChI=1S/C14H19NO4/c1-10(2)14(3,12(16)17)15-13(18)19-9-11-7-5-4-6-8-11/h4-8,10H,9H2,1-3H3,(H,15,18)(H,16,17)/t14-/m0/s1. The Morgan fingerprint density at radius 1 is 1.32 bits per heavy atom. The van der Waals surface area contributed by atoms with Gasteiger partial charge in [0.2, 0.25) is 0 Å². The van der Waals surface area contributed by atoms with Crippen molar-refractivity contribution in [3.8, 4) is 0 Å². The molecule has 1 amide bonds. The first kappa shape index (κ1) is 15.0. The Kier molecular flexibility index (Phi) is 4.92. The van der Waals surface area contributed by atoms with Crippen LogP contribution in [0.1, 0.15) is 26.3 Å². The molecule has 1 atom stereocenters. The normalized spacial score (nSPS) is 13.7. The van der Waals surface area contributed by atoms with E-state index >= 15 is 0 Å². The van der Waals surface area contributed by atoms with E-state index in [1.54, 1.807) is 13.8 Å². The average molecular weight is 265 g/mol. The number of carboxylic acids is 1. The smallest absolute Gasteiger partial charge is 0.408 e. The second-order valence-corrected chi connectivity index (χ2v) is 4.85.